The zero-order chi connectivity index (χ0) is 14.8. The number of hydrogen-bond acceptors (Lipinski definition) is 7. The molecule has 0 spiro atoms. The fraction of sp³-hybridized carbons (Fsp3) is 0.500. The molecule has 112 valence electrons. The molecule has 0 bridgehead atoms. The molecule has 9 heteroatoms. The normalized spacial score (nSPS) is 16.9. The lowest BCUT2D eigenvalue weighted by molar-refractivity contribution is -0.135. The molecule has 0 aromatic carbocycles. The Morgan fingerprint density at radius 2 is 2.24 bits per heavy atom. The number of ether oxygens (including phenoxy) is 1. The van der Waals surface area contributed by atoms with Crippen molar-refractivity contribution in [2.75, 3.05) is 37.4 Å². The van der Waals surface area contributed by atoms with Crippen LogP contribution in [0.4, 0.5) is 11.8 Å². The molecule has 1 aliphatic heterocycles. The highest BCUT2D eigenvalue weighted by Crippen LogP contribution is 2.18. The number of imidazole rings is 1. The van der Waals surface area contributed by atoms with Crippen LogP contribution in [-0.4, -0.2) is 63.1 Å². The average Bonchev–Trinajstić information content (AvgIpc) is 2.95. The second-order valence-electron chi connectivity index (χ2n) is 4.84. The zero-order valence-electron chi connectivity index (χ0n) is 11.7. The first-order valence-corrected chi connectivity index (χ1v) is 6.75. The van der Waals surface area contributed by atoms with Gasteiger partial charge >= 0.3 is 0 Å². The van der Waals surface area contributed by atoms with Gasteiger partial charge in [0.2, 0.25) is 11.9 Å². The van der Waals surface area contributed by atoms with Crippen molar-refractivity contribution in [3.8, 4) is 0 Å². The van der Waals surface area contributed by atoms with Crippen LogP contribution in [-0.2, 0) is 9.53 Å². The van der Waals surface area contributed by atoms with Crippen molar-refractivity contribution in [3.05, 3.63) is 6.33 Å². The molecule has 1 fully saturated rings. The number of carbonyl (C=O) groups excluding carboxylic acids is 1. The molecule has 3 heterocycles. The largest absolute Gasteiger partial charge is 0.378 e. The molecule has 4 N–H and O–H groups in total. The molecule has 21 heavy (non-hydrogen) atoms. The van der Waals surface area contributed by atoms with E-state index < -0.39 is 6.04 Å². The summed E-state index contributed by atoms with van der Waals surface area (Å²) in [6.45, 7) is 4.15. The van der Waals surface area contributed by atoms with Crippen LogP contribution in [0.25, 0.3) is 11.2 Å². The smallest absolute Gasteiger partial charge is 0.244 e. The van der Waals surface area contributed by atoms with Gasteiger partial charge in [0, 0.05) is 13.1 Å². The van der Waals surface area contributed by atoms with Crippen LogP contribution in [0.3, 0.4) is 0 Å². The topological polar surface area (TPSA) is 122 Å². The fourth-order valence-electron chi connectivity index (χ4n) is 2.28. The lowest BCUT2D eigenvalue weighted by atomic mass is 10.2. The Morgan fingerprint density at radius 1 is 1.48 bits per heavy atom. The molecule has 1 saturated heterocycles. The molecule has 0 aliphatic carbocycles. The van der Waals surface area contributed by atoms with E-state index in [1.807, 2.05) is 0 Å². The third-order valence-electron chi connectivity index (χ3n) is 3.35. The van der Waals surface area contributed by atoms with Gasteiger partial charge in [0.25, 0.3) is 0 Å². The summed E-state index contributed by atoms with van der Waals surface area (Å²) in [5, 5.41) is 3.07. The summed E-state index contributed by atoms with van der Waals surface area (Å²) in [5.74, 6) is 0.593. The van der Waals surface area contributed by atoms with Crippen molar-refractivity contribution in [3.63, 3.8) is 0 Å². The molecule has 2 aromatic rings. The first-order valence-electron chi connectivity index (χ1n) is 6.75. The number of carbonyl (C=O) groups is 1. The Labute approximate surface area is 120 Å². The highest BCUT2D eigenvalue weighted by atomic mass is 16.5. The van der Waals surface area contributed by atoms with Crippen LogP contribution in [0.1, 0.15) is 6.92 Å². The summed E-state index contributed by atoms with van der Waals surface area (Å²) in [6.07, 6.45) is 1.51. The summed E-state index contributed by atoms with van der Waals surface area (Å²) in [4.78, 5) is 29.3. The number of anilines is 2. The van der Waals surface area contributed by atoms with Gasteiger partial charge in [-0.1, -0.05) is 0 Å². The molecule has 1 aliphatic rings. The number of morpholine rings is 1. The molecular formula is C12H17N7O2. The number of amides is 1. The Morgan fingerprint density at radius 3 is 3.00 bits per heavy atom. The zero-order valence-corrected chi connectivity index (χ0v) is 11.7. The second kappa shape index (κ2) is 5.52. The molecule has 9 nitrogen and oxygen atoms in total. The minimum absolute atomic E-state index is 0.00292. The van der Waals surface area contributed by atoms with E-state index in [1.165, 1.54) is 6.33 Å². The third kappa shape index (κ3) is 2.72. The molecular weight excluding hydrogens is 274 g/mol. The van der Waals surface area contributed by atoms with Crippen LogP contribution in [0.2, 0.25) is 0 Å². The number of aromatic amines is 1. The van der Waals surface area contributed by atoms with E-state index in [0.29, 0.717) is 43.3 Å². The van der Waals surface area contributed by atoms with E-state index >= 15 is 0 Å². The van der Waals surface area contributed by atoms with Crippen LogP contribution in [0.5, 0.6) is 0 Å². The number of nitrogens with two attached hydrogens (primary N) is 1. The summed E-state index contributed by atoms with van der Waals surface area (Å²) in [5.41, 5.74) is 6.75. The number of rotatable bonds is 3. The van der Waals surface area contributed by atoms with E-state index in [0.717, 1.165) is 0 Å². The number of nitrogens with zero attached hydrogens (tertiary/aromatic N) is 4. The van der Waals surface area contributed by atoms with Gasteiger partial charge in [0.1, 0.15) is 11.6 Å². The Kier molecular flexibility index (Phi) is 3.57. The second-order valence-corrected chi connectivity index (χ2v) is 4.84. The number of fused-ring (bicyclic) bond motifs is 1. The first-order chi connectivity index (χ1) is 10.1. The van der Waals surface area contributed by atoms with E-state index in [-0.39, 0.29) is 11.9 Å². The van der Waals surface area contributed by atoms with Gasteiger partial charge in [0.05, 0.1) is 19.5 Å². The summed E-state index contributed by atoms with van der Waals surface area (Å²) in [6, 6.07) is -0.427. The maximum Gasteiger partial charge on any atom is 0.244 e. The molecule has 3 rings (SSSR count). The Bertz CT molecular complexity index is 650. The fourth-order valence-corrected chi connectivity index (χ4v) is 2.28. The van der Waals surface area contributed by atoms with E-state index in [1.54, 1.807) is 11.8 Å². The highest BCUT2D eigenvalue weighted by molar-refractivity contribution is 5.89. The number of hydrogen-bond donors (Lipinski definition) is 3. The molecule has 0 saturated carbocycles. The number of nitrogens with one attached hydrogen (secondary N) is 2. The average molecular weight is 291 g/mol. The molecule has 1 unspecified atom stereocenters. The van der Waals surface area contributed by atoms with Crippen molar-refractivity contribution in [2.24, 2.45) is 0 Å². The number of nitrogen functional groups attached to an aromatic ring is 1. The van der Waals surface area contributed by atoms with Crippen molar-refractivity contribution < 1.29 is 9.53 Å². The van der Waals surface area contributed by atoms with E-state index in [2.05, 4.69) is 25.3 Å². The van der Waals surface area contributed by atoms with Crippen LogP contribution >= 0.6 is 0 Å². The van der Waals surface area contributed by atoms with Gasteiger partial charge in [-0.25, -0.2) is 4.98 Å². The summed E-state index contributed by atoms with van der Waals surface area (Å²) in [7, 11) is 0. The lowest BCUT2D eigenvalue weighted by Gasteiger charge is -2.29. The summed E-state index contributed by atoms with van der Waals surface area (Å²) >= 11 is 0. The SMILES string of the molecule is CC(Nc1nc(N)nc2nc[nH]c12)C(=O)N1CCOCC1. The minimum Gasteiger partial charge on any atom is -0.378 e. The van der Waals surface area contributed by atoms with Gasteiger partial charge in [-0.3, -0.25) is 4.79 Å². The van der Waals surface area contributed by atoms with Crippen LogP contribution in [0.15, 0.2) is 6.33 Å². The maximum atomic E-state index is 12.4. The van der Waals surface area contributed by atoms with Crippen LogP contribution < -0.4 is 11.1 Å². The van der Waals surface area contributed by atoms with Gasteiger partial charge in [-0.15, -0.1) is 0 Å². The molecule has 1 atom stereocenters. The highest BCUT2D eigenvalue weighted by Gasteiger charge is 2.23. The van der Waals surface area contributed by atoms with Crippen molar-refractivity contribution in [2.45, 2.75) is 13.0 Å². The monoisotopic (exact) mass is 291 g/mol. The maximum absolute atomic E-state index is 12.4. The molecule has 1 amide bonds. The van der Waals surface area contributed by atoms with Gasteiger partial charge in [-0.05, 0) is 6.92 Å². The number of aromatic nitrogens is 4. The van der Waals surface area contributed by atoms with Gasteiger partial charge in [-0.2, -0.15) is 9.97 Å². The standard InChI is InChI=1S/C12H17N7O2/c1-7(11(20)19-2-4-21-5-3-19)16-10-8-9(15-6-14-8)17-12(13)18-10/h6-7H,2-5H2,1H3,(H4,13,14,15,16,17,18). The van der Waals surface area contributed by atoms with Crippen molar-refractivity contribution in [1.82, 2.24) is 24.8 Å². The van der Waals surface area contributed by atoms with E-state index in [9.17, 15) is 4.79 Å². The summed E-state index contributed by atoms with van der Waals surface area (Å²) < 4.78 is 5.25. The number of H-pyrrole nitrogens is 1. The Hall–Kier alpha value is -2.42. The van der Waals surface area contributed by atoms with Crippen molar-refractivity contribution in [1.29, 1.82) is 0 Å². The minimum atomic E-state index is -0.427. The van der Waals surface area contributed by atoms with Crippen molar-refractivity contribution >= 4 is 28.8 Å². The van der Waals surface area contributed by atoms with E-state index in [4.69, 9.17) is 10.5 Å². The quantitative estimate of drug-likeness (QED) is 0.703. The van der Waals surface area contributed by atoms with Gasteiger partial charge in [0.15, 0.2) is 11.5 Å². The van der Waals surface area contributed by atoms with Gasteiger partial charge < -0.3 is 25.7 Å². The lowest BCUT2D eigenvalue weighted by Crippen LogP contribution is -2.47. The van der Waals surface area contributed by atoms with Crippen LogP contribution in [0, 0.1) is 0 Å². The Balaban J connectivity index is 1.77. The first kappa shape index (κ1) is 13.6. The molecule has 2 aromatic heterocycles. The predicted molar refractivity (Wildman–Crippen MR) is 76.6 cm³/mol. The predicted octanol–water partition coefficient (Wildman–Crippen LogP) is -0.406. The third-order valence-corrected chi connectivity index (χ3v) is 3.35. The molecule has 0 radical (unpaired) electrons.